The zero-order valence-electron chi connectivity index (χ0n) is 11.0. The SMILES string of the molecule is CC1CC(N)CCN1c1cccc2cc(Br)cnc12. The summed E-state index contributed by atoms with van der Waals surface area (Å²) in [6, 6.07) is 9.30. The van der Waals surface area contributed by atoms with Gasteiger partial charge in [-0.25, -0.2) is 0 Å². The lowest BCUT2D eigenvalue weighted by Crippen LogP contribution is -2.45. The summed E-state index contributed by atoms with van der Waals surface area (Å²) in [6.45, 7) is 3.26. The quantitative estimate of drug-likeness (QED) is 0.876. The Hall–Kier alpha value is -1.13. The van der Waals surface area contributed by atoms with Gasteiger partial charge in [-0.2, -0.15) is 0 Å². The van der Waals surface area contributed by atoms with E-state index in [4.69, 9.17) is 5.73 Å². The number of pyridine rings is 1. The van der Waals surface area contributed by atoms with E-state index < -0.39 is 0 Å². The molecule has 0 spiro atoms. The van der Waals surface area contributed by atoms with E-state index in [1.54, 1.807) is 0 Å². The summed E-state index contributed by atoms with van der Waals surface area (Å²) in [6.07, 6.45) is 3.97. The van der Waals surface area contributed by atoms with Gasteiger partial charge in [0.1, 0.15) is 0 Å². The number of para-hydroxylation sites is 1. The van der Waals surface area contributed by atoms with Crippen molar-refractivity contribution in [2.24, 2.45) is 5.73 Å². The predicted molar refractivity (Wildman–Crippen MR) is 83.5 cm³/mol. The molecular weight excluding hydrogens is 302 g/mol. The summed E-state index contributed by atoms with van der Waals surface area (Å²) < 4.78 is 1.02. The van der Waals surface area contributed by atoms with Gasteiger partial charge in [0.25, 0.3) is 0 Å². The Kier molecular flexibility index (Phi) is 3.46. The number of hydrogen-bond donors (Lipinski definition) is 1. The number of nitrogens with zero attached hydrogens (tertiary/aromatic N) is 2. The second-order valence-electron chi connectivity index (χ2n) is 5.33. The first-order valence-electron chi connectivity index (χ1n) is 6.71. The van der Waals surface area contributed by atoms with E-state index in [2.05, 4.69) is 57.0 Å². The fourth-order valence-corrected chi connectivity index (χ4v) is 3.27. The average Bonchev–Trinajstić information content (AvgIpc) is 2.38. The van der Waals surface area contributed by atoms with E-state index in [1.165, 1.54) is 11.1 Å². The summed E-state index contributed by atoms with van der Waals surface area (Å²) in [4.78, 5) is 7.03. The molecule has 1 aromatic heterocycles. The van der Waals surface area contributed by atoms with Gasteiger partial charge >= 0.3 is 0 Å². The number of halogens is 1. The molecule has 1 aromatic carbocycles. The lowest BCUT2D eigenvalue weighted by atomic mass is 9.98. The molecule has 2 N–H and O–H groups in total. The first-order valence-corrected chi connectivity index (χ1v) is 7.51. The van der Waals surface area contributed by atoms with Crippen LogP contribution in [0.25, 0.3) is 10.9 Å². The second kappa shape index (κ2) is 5.10. The van der Waals surface area contributed by atoms with E-state index >= 15 is 0 Å². The van der Waals surface area contributed by atoms with Crippen LogP contribution < -0.4 is 10.6 Å². The summed E-state index contributed by atoms with van der Waals surface area (Å²) >= 11 is 3.48. The molecule has 0 bridgehead atoms. The Labute approximate surface area is 121 Å². The Morgan fingerprint density at radius 1 is 1.42 bits per heavy atom. The van der Waals surface area contributed by atoms with E-state index in [0.29, 0.717) is 12.1 Å². The van der Waals surface area contributed by atoms with Gasteiger partial charge in [0.05, 0.1) is 11.2 Å². The topological polar surface area (TPSA) is 42.1 Å². The Bertz CT molecular complexity index is 599. The van der Waals surface area contributed by atoms with E-state index in [9.17, 15) is 0 Å². The number of hydrogen-bond acceptors (Lipinski definition) is 3. The molecule has 0 amide bonds. The largest absolute Gasteiger partial charge is 0.367 e. The highest BCUT2D eigenvalue weighted by atomic mass is 79.9. The molecule has 2 unspecified atom stereocenters. The molecule has 0 saturated carbocycles. The van der Waals surface area contributed by atoms with Gasteiger partial charge in [0.15, 0.2) is 0 Å². The molecule has 3 rings (SSSR count). The molecule has 2 atom stereocenters. The molecule has 2 aromatic rings. The van der Waals surface area contributed by atoms with Crippen LogP contribution in [0.3, 0.4) is 0 Å². The number of piperidine rings is 1. The van der Waals surface area contributed by atoms with Gasteiger partial charge in [0.2, 0.25) is 0 Å². The van der Waals surface area contributed by atoms with Crippen LogP contribution in [0.4, 0.5) is 5.69 Å². The highest BCUT2D eigenvalue weighted by Crippen LogP contribution is 2.31. The van der Waals surface area contributed by atoms with Crippen molar-refractivity contribution in [3.63, 3.8) is 0 Å². The van der Waals surface area contributed by atoms with Crippen LogP contribution in [0.5, 0.6) is 0 Å². The molecule has 1 saturated heterocycles. The third-order valence-corrected chi connectivity index (χ3v) is 4.32. The fraction of sp³-hybridized carbons (Fsp3) is 0.400. The number of benzene rings is 1. The number of nitrogens with two attached hydrogens (primary N) is 1. The first kappa shape index (κ1) is 12.9. The van der Waals surface area contributed by atoms with Crippen LogP contribution in [0.2, 0.25) is 0 Å². The summed E-state index contributed by atoms with van der Waals surface area (Å²) in [5.74, 6) is 0. The molecule has 2 heterocycles. The maximum atomic E-state index is 6.05. The smallest absolute Gasteiger partial charge is 0.0936 e. The van der Waals surface area contributed by atoms with Crippen LogP contribution in [-0.2, 0) is 0 Å². The van der Waals surface area contributed by atoms with Crippen LogP contribution in [0, 0.1) is 0 Å². The van der Waals surface area contributed by atoms with Gasteiger partial charge in [0, 0.05) is 34.7 Å². The van der Waals surface area contributed by atoms with E-state index in [-0.39, 0.29) is 0 Å². The maximum absolute atomic E-state index is 6.05. The predicted octanol–water partition coefficient (Wildman–Crippen LogP) is 3.31. The minimum atomic E-state index is 0.336. The Morgan fingerprint density at radius 2 is 2.26 bits per heavy atom. The monoisotopic (exact) mass is 319 g/mol. The summed E-state index contributed by atoms with van der Waals surface area (Å²) in [5.41, 5.74) is 8.35. The number of fused-ring (bicyclic) bond motifs is 1. The van der Waals surface area contributed by atoms with Gasteiger partial charge in [-0.3, -0.25) is 4.98 Å². The van der Waals surface area contributed by atoms with Crippen molar-refractivity contribution in [2.75, 3.05) is 11.4 Å². The zero-order valence-corrected chi connectivity index (χ0v) is 12.6. The van der Waals surface area contributed by atoms with E-state index in [1.807, 2.05) is 6.20 Å². The molecule has 0 aliphatic carbocycles. The van der Waals surface area contributed by atoms with Crippen molar-refractivity contribution in [1.82, 2.24) is 4.98 Å². The molecule has 0 radical (unpaired) electrons. The van der Waals surface area contributed by atoms with Crippen LogP contribution in [-0.4, -0.2) is 23.6 Å². The average molecular weight is 320 g/mol. The first-order chi connectivity index (χ1) is 9.15. The standard InChI is InChI=1S/C15H18BrN3/c1-10-7-13(17)5-6-19(10)14-4-2-3-11-8-12(16)9-18-15(11)14/h2-4,8-10,13H,5-7,17H2,1H3. The third-order valence-electron chi connectivity index (χ3n) is 3.88. The van der Waals surface area contributed by atoms with Crippen molar-refractivity contribution in [2.45, 2.75) is 31.8 Å². The Morgan fingerprint density at radius 3 is 3.05 bits per heavy atom. The maximum Gasteiger partial charge on any atom is 0.0936 e. The van der Waals surface area contributed by atoms with Crippen molar-refractivity contribution in [3.8, 4) is 0 Å². The molecular formula is C15H18BrN3. The van der Waals surface area contributed by atoms with Crippen molar-refractivity contribution in [3.05, 3.63) is 34.9 Å². The fourth-order valence-electron chi connectivity index (χ4n) is 2.92. The summed E-state index contributed by atoms with van der Waals surface area (Å²) in [7, 11) is 0. The molecule has 1 fully saturated rings. The van der Waals surface area contributed by atoms with Crippen molar-refractivity contribution in [1.29, 1.82) is 0 Å². The van der Waals surface area contributed by atoms with Gasteiger partial charge < -0.3 is 10.6 Å². The highest BCUT2D eigenvalue weighted by Gasteiger charge is 2.24. The number of anilines is 1. The second-order valence-corrected chi connectivity index (χ2v) is 6.24. The van der Waals surface area contributed by atoms with Crippen LogP contribution in [0.15, 0.2) is 34.9 Å². The molecule has 3 nitrogen and oxygen atoms in total. The van der Waals surface area contributed by atoms with Gasteiger partial charge in [-0.05, 0) is 47.8 Å². The number of aromatic nitrogens is 1. The highest BCUT2D eigenvalue weighted by molar-refractivity contribution is 9.10. The molecule has 100 valence electrons. The number of rotatable bonds is 1. The molecule has 1 aliphatic heterocycles. The normalized spacial score (nSPS) is 23.8. The zero-order chi connectivity index (χ0) is 13.4. The van der Waals surface area contributed by atoms with Gasteiger partial charge in [-0.15, -0.1) is 0 Å². The summed E-state index contributed by atoms with van der Waals surface area (Å²) in [5, 5.41) is 1.17. The van der Waals surface area contributed by atoms with Gasteiger partial charge in [-0.1, -0.05) is 12.1 Å². The third kappa shape index (κ3) is 2.47. The van der Waals surface area contributed by atoms with Crippen LogP contribution in [0.1, 0.15) is 19.8 Å². The van der Waals surface area contributed by atoms with Crippen molar-refractivity contribution >= 4 is 32.5 Å². The Balaban J connectivity index is 2.05. The van der Waals surface area contributed by atoms with E-state index in [0.717, 1.165) is 29.4 Å². The van der Waals surface area contributed by atoms with Crippen molar-refractivity contribution < 1.29 is 0 Å². The minimum absolute atomic E-state index is 0.336. The molecule has 19 heavy (non-hydrogen) atoms. The lowest BCUT2D eigenvalue weighted by molar-refractivity contribution is 0.430. The minimum Gasteiger partial charge on any atom is -0.367 e. The molecule has 4 heteroatoms. The molecule has 1 aliphatic rings. The van der Waals surface area contributed by atoms with Crippen LogP contribution >= 0.6 is 15.9 Å². The lowest BCUT2D eigenvalue weighted by Gasteiger charge is -2.38.